The van der Waals surface area contributed by atoms with Gasteiger partial charge < -0.3 is 19.5 Å². The van der Waals surface area contributed by atoms with Gasteiger partial charge in [-0.25, -0.2) is 9.78 Å². The van der Waals surface area contributed by atoms with E-state index >= 15 is 0 Å². The number of amides is 1. The van der Waals surface area contributed by atoms with Crippen molar-refractivity contribution in [3.63, 3.8) is 0 Å². The molecule has 2 aliphatic rings. The van der Waals surface area contributed by atoms with Crippen LogP contribution in [0.4, 0.5) is 4.79 Å². The number of esters is 1. The zero-order chi connectivity index (χ0) is 35.5. The third-order valence-electron chi connectivity index (χ3n) is 10.3. The molecule has 5 rings (SSSR count). The lowest BCUT2D eigenvalue weighted by molar-refractivity contribution is -0.169. The monoisotopic (exact) mass is 692 g/mol. The first-order chi connectivity index (χ1) is 23.3. The number of nitrogens with one attached hydrogen (secondary N) is 1. The number of nitrogens with zero attached hydrogens (tertiary/aromatic N) is 5. The summed E-state index contributed by atoms with van der Waals surface area (Å²) in [5.74, 6) is -2.46. The predicted octanol–water partition coefficient (Wildman–Crippen LogP) is 5.21. The molecule has 2 fully saturated rings. The van der Waals surface area contributed by atoms with Crippen molar-refractivity contribution < 1.29 is 28.6 Å². The van der Waals surface area contributed by atoms with Crippen LogP contribution >= 0.6 is 11.3 Å². The van der Waals surface area contributed by atoms with Gasteiger partial charge in [-0.05, 0) is 83.8 Å². The standard InChI is InChI=1S/C35H49BN6O6S/c1-8-29-35(6)30(23(4)37-19-21(2)18-34(5,46-7)28(36)17-26(43)22(3)32(44)47-29)42(33(45)48-35)16-12-11-15-41-20-25(39-40-41)31-38-24-13-9-10-14-27(24)49-31/h9-10,13-14,20-23,28-30,37H,8,11-12,15-19H2,1-7H3/t21-,22-,23-,28-,29-,30-,34-,35-/m1/s1. The summed E-state index contributed by atoms with van der Waals surface area (Å²) >= 11 is 1.58. The maximum absolute atomic E-state index is 13.6. The Labute approximate surface area is 294 Å². The molecule has 3 aromatic rings. The third-order valence-corrected chi connectivity index (χ3v) is 11.4. The second-order valence-corrected chi connectivity index (χ2v) is 15.1. The van der Waals surface area contributed by atoms with Gasteiger partial charge >= 0.3 is 12.1 Å². The summed E-state index contributed by atoms with van der Waals surface area (Å²) in [7, 11) is 8.12. The number of carbonyl (C=O) groups is 3. The van der Waals surface area contributed by atoms with Crippen molar-refractivity contribution >= 4 is 47.2 Å². The number of benzene rings is 1. The number of aryl methyl sites for hydroxylation is 1. The Bertz CT molecular complexity index is 1600. The molecule has 1 amide bonds. The smallest absolute Gasteiger partial charge is 0.410 e. The lowest BCUT2D eigenvalue weighted by Crippen LogP contribution is -2.60. The maximum Gasteiger partial charge on any atom is 0.410 e. The first-order valence-corrected chi connectivity index (χ1v) is 18.1. The third kappa shape index (κ3) is 7.86. The lowest BCUT2D eigenvalue weighted by Gasteiger charge is -2.41. The van der Waals surface area contributed by atoms with E-state index in [0.717, 1.165) is 27.3 Å². The molecule has 1 aromatic carbocycles. The summed E-state index contributed by atoms with van der Waals surface area (Å²) < 4.78 is 20.9. The van der Waals surface area contributed by atoms with Crippen molar-refractivity contribution in [1.29, 1.82) is 0 Å². The van der Waals surface area contributed by atoms with Gasteiger partial charge in [0, 0.05) is 32.7 Å². The minimum absolute atomic E-state index is 0.0194. The number of hydrogen-bond acceptors (Lipinski definition) is 11. The number of unbranched alkanes of at least 4 members (excludes halogenated alkanes) is 1. The number of aromatic nitrogens is 4. The maximum atomic E-state index is 13.6. The van der Waals surface area contributed by atoms with Gasteiger partial charge in [-0.3, -0.25) is 19.2 Å². The number of rotatable bonds is 8. The van der Waals surface area contributed by atoms with Crippen molar-refractivity contribution in [3.05, 3.63) is 30.5 Å². The van der Waals surface area contributed by atoms with Gasteiger partial charge in [0.25, 0.3) is 0 Å². The Morgan fingerprint density at radius 3 is 2.57 bits per heavy atom. The van der Waals surface area contributed by atoms with Gasteiger partial charge in [-0.15, -0.1) is 16.4 Å². The molecular weight excluding hydrogens is 643 g/mol. The van der Waals surface area contributed by atoms with Gasteiger partial charge in [-0.2, -0.15) is 0 Å². The number of para-hydroxylation sites is 1. The largest absolute Gasteiger partial charge is 0.458 e. The molecule has 2 saturated heterocycles. The van der Waals surface area contributed by atoms with Crippen molar-refractivity contribution in [3.8, 4) is 10.7 Å². The highest BCUT2D eigenvalue weighted by Gasteiger charge is 2.58. The van der Waals surface area contributed by atoms with Gasteiger partial charge in [0.05, 0.1) is 35.9 Å². The van der Waals surface area contributed by atoms with Crippen LogP contribution in [-0.2, 0) is 30.3 Å². The molecule has 12 nitrogen and oxygen atoms in total. The minimum Gasteiger partial charge on any atom is -0.458 e. The van der Waals surface area contributed by atoms with Crippen LogP contribution < -0.4 is 5.32 Å². The Morgan fingerprint density at radius 1 is 1.12 bits per heavy atom. The van der Waals surface area contributed by atoms with Crippen LogP contribution in [0.3, 0.4) is 0 Å². The van der Waals surface area contributed by atoms with Crippen LogP contribution in [-0.4, -0.2) is 100 Å². The molecule has 2 radical (unpaired) electrons. The van der Waals surface area contributed by atoms with Crippen molar-refractivity contribution in [2.45, 2.75) is 115 Å². The van der Waals surface area contributed by atoms with E-state index in [-0.39, 0.29) is 24.2 Å². The summed E-state index contributed by atoms with van der Waals surface area (Å²) in [6.45, 7) is 13.0. The topological polar surface area (TPSA) is 138 Å². The van der Waals surface area contributed by atoms with Gasteiger partial charge in [0.15, 0.2) is 5.60 Å². The number of ether oxygens (including phenoxy) is 3. The van der Waals surface area contributed by atoms with E-state index < -0.39 is 47.1 Å². The first kappa shape index (κ1) is 36.9. The number of Topliss-reactive ketones (excluding diaryl/α,β-unsaturated/α-hetero) is 1. The fraction of sp³-hybridized carbons (Fsp3) is 0.657. The summed E-state index contributed by atoms with van der Waals surface area (Å²) in [5, 5.41) is 13.1. The molecule has 0 bridgehead atoms. The van der Waals surface area contributed by atoms with E-state index in [1.165, 1.54) is 0 Å². The fourth-order valence-electron chi connectivity index (χ4n) is 7.26. The van der Waals surface area contributed by atoms with E-state index in [9.17, 15) is 14.4 Å². The molecule has 8 atom stereocenters. The molecule has 0 spiro atoms. The number of methoxy groups -OCH3 is 1. The highest BCUT2D eigenvalue weighted by Crippen LogP contribution is 2.39. The number of fused-ring (bicyclic) bond motifs is 2. The number of hydrogen-bond donors (Lipinski definition) is 1. The fourth-order valence-corrected chi connectivity index (χ4v) is 8.18. The summed E-state index contributed by atoms with van der Waals surface area (Å²) in [4.78, 5) is 46.6. The SMILES string of the molecule is [B][C@@H]1CC(=O)[C@@H](C)C(=O)O[C@H](CC)[C@@]2(C)OC(=O)N(CCCCn3cc(-c4nc5ccccc5s4)nn3)[C@@H]2[C@@H](C)NC[C@H](C)C[C@@]1(C)OC. The van der Waals surface area contributed by atoms with Crippen LogP contribution in [0.5, 0.6) is 0 Å². The molecule has 2 aromatic heterocycles. The Balaban J connectivity index is 1.31. The second-order valence-electron chi connectivity index (χ2n) is 14.1. The Kier molecular flexibility index (Phi) is 11.5. The van der Waals surface area contributed by atoms with Crippen LogP contribution in [0.2, 0.25) is 5.82 Å². The molecule has 14 heteroatoms. The minimum atomic E-state index is -1.16. The number of thiazole rings is 1. The predicted molar refractivity (Wildman–Crippen MR) is 188 cm³/mol. The lowest BCUT2D eigenvalue weighted by atomic mass is 9.67. The zero-order valence-corrected chi connectivity index (χ0v) is 30.5. The van der Waals surface area contributed by atoms with Crippen LogP contribution in [0.1, 0.15) is 73.6 Å². The van der Waals surface area contributed by atoms with E-state index in [1.807, 2.05) is 58.2 Å². The number of ketones is 1. The average Bonchev–Trinajstić information content (AvgIpc) is 3.79. The summed E-state index contributed by atoms with van der Waals surface area (Å²) in [6, 6.07) is 7.32. The van der Waals surface area contributed by atoms with Crippen LogP contribution in [0.15, 0.2) is 30.5 Å². The van der Waals surface area contributed by atoms with Crippen molar-refractivity contribution in [2.75, 3.05) is 20.2 Å². The first-order valence-electron chi connectivity index (χ1n) is 17.3. The quantitative estimate of drug-likeness (QED) is 0.145. The van der Waals surface area contributed by atoms with Gasteiger partial charge in [0.1, 0.15) is 28.5 Å². The number of carbonyl (C=O) groups excluding carboxylic acids is 3. The Morgan fingerprint density at radius 2 is 1.86 bits per heavy atom. The molecule has 1 N–H and O–H groups in total. The molecule has 0 saturated carbocycles. The van der Waals surface area contributed by atoms with Gasteiger partial charge in [-0.1, -0.05) is 31.2 Å². The van der Waals surface area contributed by atoms with E-state index in [4.69, 9.17) is 22.1 Å². The van der Waals surface area contributed by atoms with E-state index in [0.29, 0.717) is 38.9 Å². The highest BCUT2D eigenvalue weighted by molar-refractivity contribution is 7.21. The molecule has 264 valence electrons. The van der Waals surface area contributed by atoms with Crippen molar-refractivity contribution in [2.24, 2.45) is 11.8 Å². The molecule has 4 heterocycles. The molecule has 0 aliphatic carbocycles. The zero-order valence-electron chi connectivity index (χ0n) is 29.7. The molecule has 49 heavy (non-hydrogen) atoms. The van der Waals surface area contributed by atoms with Crippen molar-refractivity contribution in [1.82, 2.24) is 30.2 Å². The second kappa shape index (κ2) is 15.3. The normalized spacial score (nSPS) is 32.0. The molecule has 0 unspecified atom stereocenters. The summed E-state index contributed by atoms with van der Waals surface area (Å²) in [6.07, 6.45) is 3.09. The van der Waals surface area contributed by atoms with E-state index in [2.05, 4.69) is 27.5 Å². The van der Waals surface area contributed by atoms with E-state index in [1.54, 1.807) is 35.0 Å². The van der Waals surface area contributed by atoms with Crippen LogP contribution in [0, 0.1) is 11.8 Å². The average molecular weight is 693 g/mol. The molecular formula is C35H49BN6O6S. The number of cyclic esters (lactones) is 1. The Hall–Kier alpha value is -3.36. The highest BCUT2D eigenvalue weighted by atomic mass is 32.1. The molecule has 2 aliphatic heterocycles. The van der Waals surface area contributed by atoms with Crippen LogP contribution in [0.25, 0.3) is 20.9 Å². The van der Waals surface area contributed by atoms with Gasteiger partial charge in [0.2, 0.25) is 0 Å². The summed E-state index contributed by atoms with van der Waals surface area (Å²) in [5.41, 5.74) is -0.264.